The molecular weight excluding hydrogens is 420 g/mol. The summed E-state index contributed by atoms with van der Waals surface area (Å²) in [6.45, 7) is 1.47. The van der Waals surface area contributed by atoms with Crippen molar-refractivity contribution in [3.05, 3.63) is 41.6 Å². The van der Waals surface area contributed by atoms with Crippen molar-refractivity contribution in [3.8, 4) is 11.3 Å². The third-order valence-corrected chi connectivity index (χ3v) is 5.63. The van der Waals surface area contributed by atoms with Gasteiger partial charge in [0.05, 0.1) is 31.0 Å². The lowest BCUT2D eigenvalue weighted by Crippen LogP contribution is -2.44. The Kier molecular flexibility index (Phi) is 6.41. The van der Waals surface area contributed by atoms with Gasteiger partial charge in [-0.2, -0.15) is 8.42 Å². The van der Waals surface area contributed by atoms with Gasteiger partial charge in [-0.3, -0.25) is 4.18 Å². The highest BCUT2D eigenvalue weighted by atomic mass is 32.2. The van der Waals surface area contributed by atoms with Gasteiger partial charge in [-0.25, -0.2) is 18.6 Å². The van der Waals surface area contributed by atoms with Crippen LogP contribution in [-0.4, -0.2) is 66.2 Å². The maximum absolute atomic E-state index is 14.8. The lowest BCUT2D eigenvalue weighted by Gasteiger charge is -2.32. The van der Waals surface area contributed by atoms with Crippen LogP contribution in [0.2, 0.25) is 0 Å². The van der Waals surface area contributed by atoms with Crippen molar-refractivity contribution >= 4 is 16.2 Å². The molecular formula is C19H23F2N3O5S. The lowest BCUT2D eigenvalue weighted by molar-refractivity contribution is 0.0936. The van der Waals surface area contributed by atoms with Crippen molar-refractivity contribution in [3.63, 3.8) is 0 Å². The normalized spacial score (nSPS) is 19.8. The Morgan fingerprint density at radius 1 is 1.40 bits per heavy atom. The number of piperidine rings is 1. The van der Waals surface area contributed by atoms with Gasteiger partial charge in [0.15, 0.2) is 0 Å². The number of rotatable bonds is 6. The van der Waals surface area contributed by atoms with Gasteiger partial charge in [-0.15, -0.1) is 0 Å². The van der Waals surface area contributed by atoms with Crippen molar-refractivity contribution in [2.24, 2.45) is 0 Å². The van der Waals surface area contributed by atoms with E-state index in [0.717, 1.165) is 11.2 Å². The summed E-state index contributed by atoms with van der Waals surface area (Å²) < 4.78 is 57.4. The maximum atomic E-state index is 14.8. The van der Waals surface area contributed by atoms with Gasteiger partial charge in [0, 0.05) is 24.8 Å². The van der Waals surface area contributed by atoms with E-state index < -0.39 is 28.3 Å². The van der Waals surface area contributed by atoms with Crippen LogP contribution >= 0.6 is 0 Å². The number of carboxylic acid groups (broad SMARTS) is 1. The van der Waals surface area contributed by atoms with Gasteiger partial charge < -0.3 is 14.6 Å². The molecule has 3 rings (SSSR count). The topological polar surface area (TPSA) is 102 Å². The number of aryl methyl sites for hydroxylation is 1. The van der Waals surface area contributed by atoms with E-state index in [-0.39, 0.29) is 38.5 Å². The first-order valence-corrected chi connectivity index (χ1v) is 11.2. The van der Waals surface area contributed by atoms with E-state index in [1.54, 1.807) is 29.8 Å². The van der Waals surface area contributed by atoms with E-state index in [2.05, 4.69) is 4.98 Å². The predicted molar refractivity (Wildman–Crippen MR) is 105 cm³/mol. The SMILES string of the molecule is Cc1cc(-c2cn(CCOS(C)(=O)=O)c([C@H]3CCN(C(=O)O)C[C@H]3F)n2)ccc1F. The minimum Gasteiger partial charge on any atom is -0.465 e. The standard InChI is InChI=1S/C19H23F2N3O5S/c1-12-9-13(3-4-15(12)20)17-11-23(7-8-29-30(2,27)28)18(22-17)14-5-6-24(19(25)26)10-16(14)21/h3-4,9,11,14,16H,5-8,10H2,1-2H3,(H,25,26)/t14-,16+/m0/s1. The quantitative estimate of drug-likeness (QED) is 0.689. The molecule has 1 aliphatic rings. The largest absolute Gasteiger partial charge is 0.465 e. The summed E-state index contributed by atoms with van der Waals surface area (Å²) in [7, 11) is -3.64. The molecule has 0 saturated carbocycles. The Morgan fingerprint density at radius 2 is 2.13 bits per heavy atom. The number of imidazole rings is 1. The highest BCUT2D eigenvalue weighted by Gasteiger charge is 2.35. The Labute approximate surface area is 173 Å². The van der Waals surface area contributed by atoms with Crippen LogP contribution in [0.4, 0.5) is 13.6 Å². The maximum Gasteiger partial charge on any atom is 0.407 e. The van der Waals surface area contributed by atoms with Crippen LogP contribution in [0.3, 0.4) is 0 Å². The zero-order valence-corrected chi connectivity index (χ0v) is 17.4. The first kappa shape index (κ1) is 22.2. The highest BCUT2D eigenvalue weighted by Crippen LogP contribution is 2.32. The summed E-state index contributed by atoms with van der Waals surface area (Å²) in [6, 6.07) is 4.50. The number of hydrogen-bond donors (Lipinski definition) is 1. The molecule has 1 N–H and O–H groups in total. The molecule has 0 aliphatic carbocycles. The van der Waals surface area contributed by atoms with Gasteiger partial charge in [0.2, 0.25) is 0 Å². The number of carbonyl (C=O) groups is 1. The monoisotopic (exact) mass is 443 g/mol. The Hall–Kier alpha value is -2.53. The molecule has 0 bridgehead atoms. The van der Waals surface area contributed by atoms with Crippen LogP contribution in [0, 0.1) is 12.7 Å². The first-order valence-electron chi connectivity index (χ1n) is 9.35. The molecule has 2 heterocycles. The molecule has 1 fully saturated rings. The van der Waals surface area contributed by atoms with Crippen molar-refractivity contribution in [1.29, 1.82) is 0 Å². The molecule has 8 nitrogen and oxygen atoms in total. The summed E-state index contributed by atoms with van der Waals surface area (Å²) in [5.74, 6) is -0.638. The average Bonchev–Trinajstić information content (AvgIpc) is 3.06. The van der Waals surface area contributed by atoms with E-state index in [9.17, 15) is 22.0 Å². The van der Waals surface area contributed by atoms with E-state index in [1.165, 1.54) is 6.07 Å². The molecule has 0 radical (unpaired) electrons. The van der Waals surface area contributed by atoms with E-state index in [1.807, 2.05) is 0 Å². The zero-order valence-electron chi connectivity index (χ0n) is 16.6. The Morgan fingerprint density at radius 3 is 2.73 bits per heavy atom. The number of likely N-dealkylation sites (tertiary alicyclic amines) is 1. The summed E-state index contributed by atoms with van der Waals surface area (Å²) in [5.41, 5.74) is 1.55. The van der Waals surface area contributed by atoms with Crippen molar-refractivity contribution < 1.29 is 31.3 Å². The molecule has 30 heavy (non-hydrogen) atoms. The van der Waals surface area contributed by atoms with Gasteiger partial charge in [-0.1, -0.05) is 0 Å². The second-order valence-electron chi connectivity index (χ2n) is 7.31. The molecule has 11 heteroatoms. The third kappa shape index (κ3) is 5.14. The Bertz CT molecular complexity index is 1040. The number of alkyl halides is 1. The van der Waals surface area contributed by atoms with E-state index in [0.29, 0.717) is 22.6 Å². The molecule has 0 unspecified atom stereocenters. The number of aromatic nitrogens is 2. The van der Waals surface area contributed by atoms with Gasteiger partial charge in [0.1, 0.15) is 17.8 Å². The number of hydrogen-bond acceptors (Lipinski definition) is 5. The third-order valence-electron chi connectivity index (χ3n) is 5.03. The number of halogens is 2. The van der Waals surface area contributed by atoms with Crippen LogP contribution in [0.1, 0.15) is 23.7 Å². The summed E-state index contributed by atoms with van der Waals surface area (Å²) >= 11 is 0. The fourth-order valence-corrected chi connectivity index (χ4v) is 3.88. The van der Waals surface area contributed by atoms with Crippen LogP contribution in [0.25, 0.3) is 11.3 Å². The van der Waals surface area contributed by atoms with Gasteiger partial charge >= 0.3 is 6.09 Å². The van der Waals surface area contributed by atoms with Crippen molar-refractivity contribution in [2.45, 2.75) is 32.0 Å². The van der Waals surface area contributed by atoms with Crippen LogP contribution in [0.15, 0.2) is 24.4 Å². The minimum absolute atomic E-state index is 0.113. The molecule has 1 aromatic carbocycles. The summed E-state index contributed by atoms with van der Waals surface area (Å²) in [6.07, 6.45) is 0.176. The van der Waals surface area contributed by atoms with Gasteiger partial charge in [-0.05, 0) is 37.1 Å². The number of nitrogens with zero attached hydrogens (tertiary/aromatic N) is 3. The van der Waals surface area contributed by atoms with Crippen molar-refractivity contribution in [1.82, 2.24) is 14.5 Å². The second kappa shape index (κ2) is 8.68. The molecule has 0 spiro atoms. The summed E-state index contributed by atoms with van der Waals surface area (Å²) in [4.78, 5) is 16.7. The first-order chi connectivity index (χ1) is 14.0. The van der Waals surface area contributed by atoms with Crippen LogP contribution in [-0.2, 0) is 20.8 Å². The van der Waals surface area contributed by atoms with Crippen LogP contribution < -0.4 is 0 Å². The highest BCUT2D eigenvalue weighted by molar-refractivity contribution is 7.85. The molecule has 1 saturated heterocycles. The van der Waals surface area contributed by atoms with Crippen molar-refractivity contribution in [2.75, 3.05) is 26.0 Å². The average molecular weight is 443 g/mol. The number of benzene rings is 1. The minimum atomic E-state index is -3.64. The fraction of sp³-hybridized carbons (Fsp3) is 0.474. The van der Waals surface area contributed by atoms with E-state index in [4.69, 9.17) is 9.29 Å². The van der Waals surface area contributed by atoms with Gasteiger partial charge in [0.25, 0.3) is 10.1 Å². The number of amides is 1. The Balaban J connectivity index is 1.92. The molecule has 1 aliphatic heterocycles. The molecule has 1 aromatic heterocycles. The fourth-order valence-electron chi connectivity index (χ4n) is 3.50. The van der Waals surface area contributed by atoms with E-state index >= 15 is 0 Å². The van der Waals surface area contributed by atoms with Crippen LogP contribution in [0.5, 0.6) is 0 Å². The summed E-state index contributed by atoms with van der Waals surface area (Å²) in [5, 5.41) is 9.10. The molecule has 2 atom stereocenters. The molecule has 1 amide bonds. The predicted octanol–water partition coefficient (Wildman–Crippen LogP) is 2.78. The smallest absolute Gasteiger partial charge is 0.407 e. The molecule has 164 valence electrons. The molecule has 2 aromatic rings. The second-order valence-corrected chi connectivity index (χ2v) is 8.95. The lowest BCUT2D eigenvalue weighted by atomic mass is 9.94. The zero-order chi connectivity index (χ0) is 22.1.